The third-order valence-electron chi connectivity index (χ3n) is 10.7. The maximum Gasteiger partial charge on any atom is 0.229 e. The van der Waals surface area contributed by atoms with Crippen molar-refractivity contribution in [1.29, 1.82) is 0 Å². The number of benzene rings is 1. The van der Waals surface area contributed by atoms with Crippen molar-refractivity contribution in [3.63, 3.8) is 0 Å². The van der Waals surface area contributed by atoms with Gasteiger partial charge >= 0.3 is 0 Å². The molecule has 6 rings (SSSR count). The number of ketones is 1. The van der Waals surface area contributed by atoms with Crippen molar-refractivity contribution < 1.29 is 34.3 Å². The topological polar surface area (TPSA) is 121 Å². The molecule has 2 aromatic rings. The van der Waals surface area contributed by atoms with E-state index in [9.17, 15) is 20.1 Å². The molecule has 0 amide bonds. The number of hydrogen-bond donors (Lipinski definition) is 4. The average molecular weight is 526 g/mol. The number of carbonyl (C=O) groups is 1. The van der Waals surface area contributed by atoms with Gasteiger partial charge in [0, 0.05) is 46.0 Å². The molecule has 0 spiro atoms. The Labute approximate surface area is 223 Å². The number of nitrogens with one attached hydrogen (secondary N) is 1. The van der Waals surface area contributed by atoms with Gasteiger partial charge in [-0.2, -0.15) is 0 Å². The normalized spacial score (nSPS) is 41.6. The number of aromatic amines is 1. The number of aliphatic hydroxyl groups is 3. The Morgan fingerprint density at radius 2 is 1.89 bits per heavy atom. The lowest BCUT2D eigenvalue weighted by Gasteiger charge is -2.60. The summed E-state index contributed by atoms with van der Waals surface area (Å²) in [5.41, 5.74) is 2.81. The quantitative estimate of drug-likeness (QED) is 0.484. The second-order valence-corrected chi connectivity index (χ2v) is 12.6. The molecule has 8 nitrogen and oxygen atoms in total. The molecule has 0 unspecified atom stereocenters. The van der Waals surface area contributed by atoms with Crippen LogP contribution in [0.2, 0.25) is 0 Å². The number of fused-ring (bicyclic) bond motifs is 7. The maximum atomic E-state index is 12.8. The highest BCUT2D eigenvalue weighted by molar-refractivity contribution is 5.96. The van der Waals surface area contributed by atoms with Gasteiger partial charge in [-0.15, -0.1) is 0 Å². The Hall–Kier alpha value is -2.23. The van der Waals surface area contributed by atoms with Crippen LogP contribution in [0.1, 0.15) is 51.8 Å². The summed E-state index contributed by atoms with van der Waals surface area (Å²) in [6.45, 7) is 8.53. The first-order valence-corrected chi connectivity index (χ1v) is 13.7. The van der Waals surface area contributed by atoms with Crippen LogP contribution in [0.3, 0.4) is 0 Å². The van der Waals surface area contributed by atoms with Gasteiger partial charge in [-0.05, 0) is 54.9 Å². The number of aromatic nitrogens is 1. The lowest BCUT2D eigenvalue weighted by molar-refractivity contribution is -0.281. The van der Waals surface area contributed by atoms with Crippen LogP contribution in [0.4, 0.5) is 0 Å². The van der Waals surface area contributed by atoms with Gasteiger partial charge in [0.1, 0.15) is 30.2 Å². The number of carbonyl (C=O) groups excluding carboxylic acids is 1. The number of hydrogen-bond acceptors (Lipinski definition) is 7. The van der Waals surface area contributed by atoms with Gasteiger partial charge in [-0.1, -0.05) is 33.8 Å². The van der Waals surface area contributed by atoms with Gasteiger partial charge in [0.15, 0.2) is 5.78 Å². The second-order valence-electron chi connectivity index (χ2n) is 12.6. The molecule has 8 heteroatoms. The molecule has 1 aromatic heterocycles. The van der Waals surface area contributed by atoms with Gasteiger partial charge in [-0.25, -0.2) is 0 Å². The van der Waals surface area contributed by atoms with E-state index in [0.717, 1.165) is 30.2 Å². The molecule has 38 heavy (non-hydrogen) atoms. The third kappa shape index (κ3) is 3.30. The van der Waals surface area contributed by atoms with Crippen LogP contribution < -0.4 is 4.74 Å². The van der Waals surface area contributed by atoms with Crippen LogP contribution >= 0.6 is 0 Å². The molecular formula is C30H39NO7. The molecule has 4 N–H and O–H groups in total. The lowest BCUT2D eigenvalue weighted by atomic mass is 9.43. The average Bonchev–Trinajstić information content (AvgIpc) is 3.39. The SMILES string of the molecule is CO[C@H]1[C@H](O)[C@@H](O)[C@@H](Oc2ccc3c4c([nH]c3c2)[C@]2(C)[C@H](CC[C@@H]3C(C)(C)C(=O)C=C[C@]32C)C4)O[C@@H]1CO. The number of allylic oxidation sites excluding steroid dienone is 2. The minimum Gasteiger partial charge on any atom is -0.462 e. The molecule has 1 aliphatic heterocycles. The van der Waals surface area contributed by atoms with Gasteiger partial charge in [0.25, 0.3) is 0 Å². The smallest absolute Gasteiger partial charge is 0.229 e. The summed E-state index contributed by atoms with van der Waals surface area (Å²) in [5.74, 6) is 1.46. The summed E-state index contributed by atoms with van der Waals surface area (Å²) in [5, 5.41) is 31.9. The molecule has 0 radical (unpaired) electrons. The molecule has 1 aromatic carbocycles. The molecule has 1 saturated heterocycles. The highest BCUT2D eigenvalue weighted by Crippen LogP contribution is 2.67. The van der Waals surface area contributed by atoms with Crippen molar-refractivity contribution >= 4 is 16.7 Å². The Kier molecular flexibility index (Phi) is 5.91. The summed E-state index contributed by atoms with van der Waals surface area (Å²) < 4.78 is 16.9. The number of H-pyrrole nitrogens is 1. The zero-order chi connectivity index (χ0) is 27.2. The van der Waals surface area contributed by atoms with Crippen LogP contribution in [0.5, 0.6) is 5.75 Å². The fraction of sp³-hybridized carbons (Fsp3) is 0.633. The first kappa shape index (κ1) is 26.0. The molecule has 206 valence electrons. The molecular weight excluding hydrogens is 486 g/mol. The van der Waals surface area contributed by atoms with Crippen LogP contribution in [0, 0.1) is 22.7 Å². The molecule has 4 aliphatic rings. The number of methoxy groups -OCH3 is 1. The van der Waals surface area contributed by atoms with E-state index in [-0.39, 0.29) is 29.1 Å². The summed E-state index contributed by atoms with van der Waals surface area (Å²) in [6, 6.07) is 5.79. The molecule has 9 atom stereocenters. The molecule has 2 fully saturated rings. The number of rotatable bonds is 4. The van der Waals surface area contributed by atoms with Crippen molar-refractivity contribution in [2.24, 2.45) is 22.7 Å². The van der Waals surface area contributed by atoms with E-state index in [0.29, 0.717) is 11.7 Å². The largest absolute Gasteiger partial charge is 0.462 e. The Morgan fingerprint density at radius 3 is 2.61 bits per heavy atom. The molecule has 3 aliphatic carbocycles. The number of aliphatic hydroxyl groups excluding tert-OH is 3. The van der Waals surface area contributed by atoms with E-state index in [1.54, 1.807) is 0 Å². The minimum absolute atomic E-state index is 0.143. The highest BCUT2D eigenvalue weighted by Gasteiger charge is 2.64. The Morgan fingerprint density at radius 1 is 1.13 bits per heavy atom. The van der Waals surface area contributed by atoms with Crippen LogP contribution in [0.25, 0.3) is 10.9 Å². The Balaban J connectivity index is 1.34. The van der Waals surface area contributed by atoms with E-state index in [1.165, 1.54) is 18.4 Å². The lowest BCUT2D eigenvalue weighted by Crippen LogP contribution is -2.60. The van der Waals surface area contributed by atoms with E-state index in [4.69, 9.17) is 14.2 Å². The zero-order valence-electron chi connectivity index (χ0n) is 22.7. The first-order valence-electron chi connectivity index (χ1n) is 13.7. The maximum absolute atomic E-state index is 12.8. The van der Waals surface area contributed by atoms with Crippen molar-refractivity contribution in [3.8, 4) is 5.75 Å². The predicted octanol–water partition coefficient (Wildman–Crippen LogP) is 3.01. The second kappa shape index (κ2) is 8.63. The van der Waals surface area contributed by atoms with Gasteiger partial charge in [0.05, 0.1) is 6.61 Å². The van der Waals surface area contributed by atoms with Gasteiger partial charge < -0.3 is 34.5 Å². The van der Waals surface area contributed by atoms with Crippen LogP contribution in [0.15, 0.2) is 30.4 Å². The van der Waals surface area contributed by atoms with E-state index in [2.05, 4.69) is 38.8 Å². The van der Waals surface area contributed by atoms with E-state index < -0.39 is 36.1 Å². The summed E-state index contributed by atoms with van der Waals surface area (Å²) in [4.78, 5) is 16.6. The fourth-order valence-electron chi connectivity index (χ4n) is 8.36. The molecule has 1 saturated carbocycles. The van der Waals surface area contributed by atoms with E-state index >= 15 is 0 Å². The molecule has 2 heterocycles. The van der Waals surface area contributed by atoms with Crippen LogP contribution in [-0.4, -0.2) is 70.5 Å². The van der Waals surface area contributed by atoms with Crippen molar-refractivity contribution in [2.45, 2.75) is 83.1 Å². The van der Waals surface area contributed by atoms with Gasteiger partial charge in [0.2, 0.25) is 6.29 Å². The zero-order valence-corrected chi connectivity index (χ0v) is 22.7. The van der Waals surface area contributed by atoms with Crippen molar-refractivity contribution in [1.82, 2.24) is 4.98 Å². The van der Waals surface area contributed by atoms with Gasteiger partial charge in [-0.3, -0.25) is 4.79 Å². The minimum atomic E-state index is -1.34. The van der Waals surface area contributed by atoms with Crippen molar-refractivity contribution in [3.05, 3.63) is 41.6 Å². The first-order chi connectivity index (χ1) is 18.0. The van der Waals surface area contributed by atoms with E-state index in [1.807, 2.05) is 24.3 Å². The third-order valence-corrected chi connectivity index (χ3v) is 10.7. The number of ether oxygens (including phenoxy) is 3. The molecule has 0 bridgehead atoms. The predicted molar refractivity (Wildman–Crippen MR) is 141 cm³/mol. The van der Waals surface area contributed by atoms with Crippen LogP contribution in [-0.2, 0) is 26.1 Å². The summed E-state index contributed by atoms with van der Waals surface area (Å²) >= 11 is 0. The Bertz CT molecular complexity index is 1300. The summed E-state index contributed by atoms with van der Waals surface area (Å²) in [6.07, 6.45) is 1.71. The fourth-order valence-corrected chi connectivity index (χ4v) is 8.36. The highest BCUT2D eigenvalue weighted by atomic mass is 16.7. The summed E-state index contributed by atoms with van der Waals surface area (Å²) in [7, 11) is 1.40. The monoisotopic (exact) mass is 525 g/mol. The van der Waals surface area contributed by atoms with Crippen molar-refractivity contribution in [2.75, 3.05) is 13.7 Å². The standard InChI is InChI=1S/C30H39NO7/c1-28(2)21-9-6-15-12-18-17-8-7-16(37-27-24(35)23(34)25(36-5)20(14-32)38-27)13-19(17)31-26(18)30(15,4)29(21,3)11-10-22(28)33/h7-8,10-11,13,15,20-21,23-25,27,31-32,34-35H,6,9,12,14H2,1-5H3/t15-,20-,21-,23-,24-,25-,27+,29-,30+/m1/s1.